The van der Waals surface area contributed by atoms with Gasteiger partial charge in [-0.1, -0.05) is 66.2 Å². The highest BCUT2D eigenvalue weighted by Crippen LogP contribution is 2.18. The van der Waals surface area contributed by atoms with Crippen LogP contribution in [-0.4, -0.2) is 24.3 Å². The highest BCUT2D eigenvalue weighted by Gasteiger charge is 2.10. The lowest BCUT2D eigenvalue weighted by molar-refractivity contribution is -0.129. The Morgan fingerprint density at radius 1 is 0.724 bits per heavy atom. The summed E-state index contributed by atoms with van der Waals surface area (Å²) in [6.07, 6.45) is 0.266. The Morgan fingerprint density at radius 2 is 1.41 bits per heavy atom. The van der Waals surface area contributed by atoms with Crippen molar-refractivity contribution >= 4 is 40.1 Å². The number of halogens is 1. The zero-order valence-corrected chi connectivity index (χ0v) is 16.3. The van der Waals surface area contributed by atoms with Crippen molar-refractivity contribution in [2.45, 2.75) is 12.8 Å². The molecule has 29 heavy (non-hydrogen) atoms. The van der Waals surface area contributed by atoms with Gasteiger partial charge in [-0.2, -0.15) is 0 Å². The zero-order valence-electron chi connectivity index (χ0n) is 15.6. The minimum Gasteiger partial charge on any atom is -0.347 e. The van der Waals surface area contributed by atoms with Gasteiger partial charge >= 0.3 is 0 Å². The van der Waals surface area contributed by atoms with Crippen molar-refractivity contribution in [3.05, 3.63) is 82.9 Å². The Morgan fingerprint density at radius 3 is 2.21 bits per heavy atom. The van der Waals surface area contributed by atoms with Crippen LogP contribution in [0.3, 0.4) is 0 Å². The molecule has 3 aromatic carbocycles. The van der Waals surface area contributed by atoms with Crippen molar-refractivity contribution in [2.24, 2.45) is 0 Å². The molecule has 0 unspecified atom stereocenters. The first kappa shape index (κ1) is 20.4. The van der Waals surface area contributed by atoms with Crippen molar-refractivity contribution < 1.29 is 14.4 Å². The summed E-state index contributed by atoms with van der Waals surface area (Å²) in [6, 6.07) is 20.4. The quantitative estimate of drug-likeness (QED) is 0.547. The van der Waals surface area contributed by atoms with E-state index in [1.165, 1.54) is 0 Å². The molecular formula is C22H20ClN3O3. The third-order valence-electron chi connectivity index (χ3n) is 4.30. The average molecular weight is 410 g/mol. The average Bonchev–Trinajstić information content (AvgIpc) is 2.73. The van der Waals surface area contributed by atoms with Crippen molar-refractivity contribution in [3.63, 3.8) is 0 Å². The first-order valence-corrected chi connectivity index (χ1v) is 9.44. The predicted molar refractivity (Wildman–Crippen MR) is 112 cm³/mol. The van der Waals surface area contributed by atoms with Gasteiger partial charge in [0.05, 0.1) is 19.4 Å². The lowest BCUT2D eigenvalue weighted by Crippen LogP contribution is -2.47. The van der Waals surface area contributed by atoms with Crippen molar-refractivity contribution in [3.8, 4) is 0 Å². The van der Waals surface area contributed by atoms with Gasteiger partial charge in [-0.05, 0) is 34.0 Å². The monoisotopic (exact) mass is 409 g/mol. The maximum absolute atomic E-state index is 12.2. The normalized spacial score (nSPS) is 10.4. The molecule has 0 saturated carbocycles. The van der Waals surface area contributed by atoms with E-state index in [-0.39, 0.29) is 31.2 Å². The number of amides is 3. The van der Waals surface area contributed by atoms with Crippen LogP contribution in [0.2, 0.25) is 5.02 Å². The van der Waals surface area contributed by atoms with E-state index < -0.39 is 5.91 Å². The van der Waals surface area contributed by atoms with Crippen LogP contribution in [0, 0.1) is 0 Å². The summed E-state index contributed by atoms with van der Waals surface area (Å²) in [6.45, 7) is -0.231. The summed E-state index contributed by atoms with van der Waals surface area (Å²) in [5.41, 5.74) is 6.26. The molecule has 3 amide bonds. The maximum atomic E-state index is 12.2. The van der Waals surface area contributed by atoms with Gasteiger partial charge < -0.3 is 5.32 Å². The molecule has 3 N–H and O–H groups in total. The van der Waals surface area contributed by atoms with Gasteiger partial charge in [0, 0.05) is 5.02 Å². The number of benzene rings is 3. The number of carbonyl (C=O) groups excluding carboxylic acids is 3. The molecule has 0 aliphatic rings. The third-order valence-corrected chi connectivity index (χ3v) is 4.55. The lowest BCUT2D eigenvalue weighted by Gasteiger charge is -2.09. The Kier molecular flexibility index (Phi) is 6.81. The number of hydrogen-bond donors (Lipinski definition) is 3. The van der Waals surface area contributed by atoms with E-state index in [4.69, 9.17) is 11.6 Å². The van der Waals surface area contributed by atoms with E-state index in [0.29, 0.717) is 5.02 Å². The van der Waals surface area contributed by atoms with E-state index >= 15 is 0 Å². The fourth-order valence-electron chi connectivity index (χ4n) is 2.88. The van der Waals surface area contributed by atoms with Crippen LogP contribution in [0.4, 0.5) is 0 Å². The molecule has 148 valence electrons. The summed E-state index contributed by atoms with van der Waals surface area (Å²) in [5.74, 6) is -1.16. The Bertz CT molecular complexity index is 1030. The highest BCUT2D eigenvalue weighted by atomic mass is 35.5. The maximum Gasteiger partial charge on any atom is 0.257 e. The molecule has 0 spiro atoms. The molecule has 0 aromatic heterocycles. The van der Waals surface area contributed by atoms with E-state index in [2.05, 4.69) is 16.2 Å². The first-order chi connectivity index (χ1) is 14.0. The zero-order chi connectivity index (χ0) is 20.6. The van der Waals surface area contributed by atoms with Gasteiger partial charge in [-0.3, -0.25) is 25.2 Å². The van der Waals surface area contributed by atoms with E-state index in [0.717, 1.165) is 21.9 Å². The molecule has 0 aliphatic heterocycles. The molecule has 0 saturated heterocycles. The molecule has 6 nitrogen and oxygen atoms in total. The minimum absolute atomic E-state index is 0.102. The molecule has 0 fully saturated rings. The lowest BCUT2D eigenvalue weighted by atomic mass is 10.0. The third kappa shape index (κ3) is 6.05. The molecular weight excluding hydrogens is 390 g/mol. The van der Waals surface area contributed by atoms with E-state index in [9.17, 15) is 14.4 Å². The van der Waals surface area contributed by atoms with Crippen LogP contribution in [0.25, 0.3) is 10.8 Å². The number of carbonyl (C=O) groups is 3. The SMILES string of the molecule is O=C(Cc1cccc2ccccc12)NCC(=O)NNC(=O)Cc1ccc(Cl)cc1. The van der Waals surface area contributed by atoms with Gasteiger partial charge in [-0.25, -0.2) is 0 Å². The van der Waals surface area contributed by atoms with Crippen LogP contribution in [0.5, 0.6) is 0 Å². The molecule has 3 rings (SSSR count). The van der Waals surface area contributed by atoms with Gasteiger partial charge in [-0.15, -0.1) is 0 Å². The molecule has 0 radical (unpaired) electrons. The van der Waals surface area contributed by atoms with Crippen molar-refractivity contribution in [2.75, 3.05) is 6.54 Å². The number of fused-ring (bicyclic) bond motifs is 1. The van der Waals surface area contributed by atoms with E-state index in [1.54, 1.807) is 24.3 Å². The van der Waals surface area contributed by atoms with Crippen molar-refractivity contribution in [1.82, 2.24) is 16.2 Å². The van der Waals surface area contributed by atoms with Crippen LogP contribution in [-0.2, 0) is 27.2 Å². The van der Waals surface area contributed by atoms with Gasteiger partial charge in [0.2, 0.25) is 11.8 Å². The van der Waals surface area contributed by atoms with Crippen LogP contribution < -0.4 is 16.2 Å². The number of nitrogens with one attached hydrogen (secondary N) is 3. The Labute approximate surface area is 173 Å². The second-order valence-corrected chi connectivity index (χ2v) is 6.93. The molecule has 0 heterocycles. The summed E-state index contributed by atoms with van der Waals surface area (Å²) >= 11 is 5.80. The van der Waals surface area contributed by atoms with E-state index in [1.807, 2.05) is 42.5 Å². The number of hydrogen-bond acceptors (Lipinski definition) is 3. The predicted octanol–water partition coefficient (Wildman–Crippen LogP) is 2.54. The fraction of sp³-hybridized carbons (Fsp3) is 0.136. The second-order valence-electron chi connectivity index (χ2n) is 6.49. The molecule has 3 aromatic rings. The van der Waals surface area contributed by atoms with Crippen LogP contribution in [0.15, 0.2) is 66.7 Å². The van der Waals surface area contributed by atoms with Gasteiger partial charge in [0.15, 0.2) is 0 Å². The number of rotatable bonds is 6. The molecule has 0 aliphatic carbocycles. The van der Waals surface area contributed by atoms with Crippen LogP contribution >= 0.6 is 11.6 Å². The topological polar surface area (TPSA) is 87.3 Å². The molecule has 0 atom stereocenters. The number of hydrazine groups is 1. The van der Waals surface area contributed by atoms with Gasteiger partial charge in [0.1, 0.15) is 0 Å². The summed E-state index contributed by atoms with van der Waals surface area (Å²) in [5, 5.41) is 5.20. The summed E-state index contributed by atoms with van der Waals surface area (Å²) in [7, 11) is 0. The fourth-order valence-corrected chi connectivity index (χ4v) is 3.00. The Balaban J connectivity index is 1.42. The molecule has 7 heteroatoms. The molecule has 0 bridgehead atoms. The van der Waals surface area contributed by atoms with Crippen LogP contribution in [0.1, 0.15) is 11.1 Å². The largest absolute Gasteiger partial charge is 0.347 e. The van der Waals surface area contributed by atoms with Crippen molar-refractivity contribution in [1.29, 1.82) is 0 Å². The summed E-state index contributed by atoms with van der Waals surface area (Å²) in [4.78, 5) is 35.9. The standard InChI is InChI=1S/C22H20ClN3O3/c23-18-10-8-15(9-11-18)12-21(28)25-26-22(29)14-24-20(27)13-17-6-3-5-16-4-1-2-7-19(16)17/h1-11H,12-14H2,(H,24,27)(H,25,28)(H,26,29). The highest BCUT2D eigenvalue weighted by molar-refractivity contribution is 6.30. The Hall–Kier alpha value is -3.38. The van der Waals surface area contributed by atoms with Gasteiger partial charge in [0.25, 0.3) is 5.91 Å². The minimum atomic E-state index is -0.513. The second kappa shape index (κ2) is 9.71. The first-order valence-electron chi connectivity index (χ1n) is 9.07. The summed E-state index contributed by atoms with van der Waals surface area (Å²) < 4.78 is 0. The smallest absolute Gasteiger partial charge is 0.257 e.